The number of hydrogen-bond donors (Lipinski definition) is 0. The van der Waals surface area contributed by atoms with Crippen molar-refractivity contribution in [3.05, 3.63) is 36.4 Å². The second kappa shape index (κ2) is 79.5. The van der Waals surface area contributed by atoms with Crippen LogP contribution in [-0.2, 0) is 0 Å². The smallest absolute Gasteiger partial charge is 0.0533 e. The van der Waals surface area contributed by atoms with E-state index in [1.165, 1.54) is 38.5 Å². The SMILES string of the molecule is C1CCCCC1.CC.CC.CC.CC.CC.CC.c1ccccc1. The van der Waals surface area contributed by atoms with E-state index in [0.29, 0.717) is 0 Å². The minimum atomic E-state index is 1.50. The lowest BCUT2D eigenvalue weighted by atomic mass is 10.0. The number of hydrogen-bond acceptors (Lipinski definition) is 0. The van der Waals surface area contributed by atoms with Crippen LogP contribution in [0.4, 0.5) is 0 Å². The topological polar surface area (TPSA) is 0 Å². The molecule has 0 unspecified atom stereocenters. The molecule has 2 rings (SSSR count). The maximum Gasteiger partial charge on any atom is -0.0533 e. The molecule has 24 heavy (non-hydrogen) atoms. The summed E-state index contributed by atoms with van der Waals surface area (Å²) >= 11 is 0. The average Bonchev–Trinajstić information content (AvgIpc) is 2.79. The van der Waals surface area contributed by atoms with Gasteiger partial charge in [-0.2, -0.15) is 0 Å². The molecule has 0 spiro atoms. The Morgan fingerprint density at radius 3 is 0.417 bits per heavy atom. The highest BCUT2D eigenvalue weighted by Gasteiger charge is 1.95. The van der Waals surface area contributed by atoms with Crippen molar-refractivity contribution in [2.45, 2.75) is 122 Å². The van der Waals surface area contributed by atoms with Gasteiger partial charge in [0.1, 0.15) is 0 Å². The van der Waals surface area contributed by atoms with Gasteiger partial charge in [-0.1, -0.05) is 158 Å². The highest BCUT2D eigenvalue weighted by molar-refractivity contribution is 4.99. The molecule has 0 heterocycles. The van der Waals surface area contributed by atoms with Crippen LogP contribution in [0.5, 0.6) is 0 Å². The Hall–Kier alpha value is -0.780. The third kappa shape index (κ3) is 68.9. The second-order valence-corrected chi connectivity index (χ2v) is 3.28. The van der Waals surface area contributed by atoms with E-state index < -0.39 is 0 Å². The van der Waals surface area contributed by atoms with Crippen molar-refractivity contribution in [1.29, 1.82) is 0 Å². The maximum absolute atomic E-state index is 2.00. The summed E-state index contributed by atoms with van der Waals surface area (Å²) in [5, 5.41) is 0. The van der Waals surface area contributed by atoms with Crippen LogP contribution < -0.4 is 0 Å². The summed E-state index contributed by atoms with van der Waals surface area (Å²) in [6.45, 7) is 24.0. The zero-order valence-electron chi connectivity index (χ0n) is 19.7. The molecule has 0 N–H and O–H groups in total. The monoisotopic (exact) mass is 342 g/mol. The Labute approximate surface area is 158 Å². The lowest BCUT2D eigenvalue weighted by Gasteiger charge is -2.05. The zero-order valence-corrected chi connectivity index (χ0v) is 19.7. The summed E-state index contributed by atoms with van der Waals surface area (Å²) in [5.74, 6) is 0. The second-order valence-electron chi connectivity index (χ2n) is 3.28. The number of rotatable bonds is 0. The van der Waals surface area contributed by atoms with E-state index in [1.807, 2.05) is 119 Å². The predicted molar refractivity (Wildman–Crippen MR) is 122 cm³/mol. The minimum absolute atomic E-state index is 1.50. The minimum Gasteiger partial charge on any atom is -0.0683 e. The molecular weight excluding hydrogens is 288 g/mol. The van der Waals surface area contributed by atoms with Crippen LogP contribution in [0.25, 0.3) is 0 Å². The van der Waals surface area contributed by atoms with Crippen molar-refractivity contribution >= 4 is 0 Å². The van der Waals surface area contributed by atoms with Crippen LogP contribution in [0.3, 0.4) is 0 Å². The highest BCUT2D eigenvalue weighted by Crippen LogP contribution is 2.15. The van der Waals surface area contributed by atoms with Gasteiger partial charge in [0.15, 0.2) is 0 Å². The van der Waals surface area contributed by atoms with Crippen molar-refractivity contribution in [3.8, 4) is 0 Å². The fourth-order valence-corrected chi connectivity index (χ4v) is 1.45. The molecule has 1 aliphatic rings. The molecule has 1 fully saturated rings. The van der Waals surface area contributed by atoms with Crippen LogP contribution in [0.2, 0.25) is 0 Å². The van der Waals surface area contributed by atoms with Crippen molar-refractivity contribution in [1.82, 2.24) is 0 Å². The van der Waals surface area contributed by atoms with E-state index >= 15 is 0 Å². The van der Waals surface area contributed by atoms with E-state index in [9.17, 15) is 0 Å². The predicted octanol–water partition coefficient (Wildman–Crippen LogP) is 10.2. The molecule has 0 atom stereocenters. The third-order valence-corrected chi connectivity index (χ3v) is 2.17. The standard InChI is InChI=1S/C6H12.C6H6.6C2H6/c2*1-2-4-6-5-3-1;6*1-2/h1-6H2;1-6H;6*1-2H3. The molecular formula is C24H54. The van der Waals surface area contributed by atoms with Gasteiger partial charge in [0.05, 0.1) is 0 Å². The first-order valence-electron chi connectivity index (χ1n) is 11.0. The molecule has 0 amide bonds. The molecule has 0 bridgehead atoms. The van der Waals surface area contributed by atoms with Crippen LogP contribution in [-0.4, -0.2) is 0 Å². The van der Waals surface area contributed by atoms with E-state index in [1.54, 1.807) is 0 Å². The van der Waals surface area contributed by atoms with Crippen molar-refractivity contribution in [2.75, 3.05) is 0 Å². The van der Waals surface area contributed by atoms with Crippen molar-refractivity contribution in [2.24, 2.45) is 0 Å². The average molecular weight is 343 g/mol. The molecule has 1 aromatic rings. The fraction of sp³-hybridized carbons (Fsp3) is 0.750. The van der Waals surface area contributed by atoms with Crippen LogP contribution in [0.1, 0.15) is 122 Å². The van der Waals surface area contributed by atoms with Gasteiger partial charge in [-0.25, -0.2) is 0 Å². The maximum atomic E-state index is 2.00. The first kappa shape index (κ1) is 38.7. The Morgan fingerprint density at radius 1 is 0.250 bits per heavy atom. The Balaban J connectivity index is -0.0000000423. The summed E-state index contributed by atoms with van der Waals surface area (Å²) in [7, 11) is 0. The number of benzene rings is 1. The third-order valence-electron chi connectivity index (χ3n) is 2.17. The molecule has 0 aromatic heterocycles. The molecule has 0 heteroatoms. The van der Waals surface area contributed by atoms with E-state index in [0.717, 1.165) is 0 Å². The van der Waals surface area contributed by atoms with Crippen molar-refractivity contribution in [3.63, 3.8) is 0 Å². The van der Waals surface area contributed by atoms with Gasteiger partial charge in [0.2, 0.25) is 0 Å². The first-order valence-corrected chi connectivity index (χ1v) is 11.0. The van der Waals surface area contributed by atoms with Gasteiger partial charge >= 0.3 is 0 Å². The first-order chi connectivity index (χ1) is 12.0. The van der Waals surface area contributed by atoms with E-state index in [-0.39, 0.29) is 0 Å². The zero-order chi connectivity index (χ0) is 20.5. The normalized spacial score (nSPS) is 9.50. The summed E-state index contributed by atoms with van der Waals surface area (Å²) in [5.41, 5.74) is 0. The summed E-state index contributed by atoms with van der Waals surface area (Å²) in [4.78, 5) is 0. The Kier molecular flexibility index (Phi) is 128. The summed E-state index contributed by atoms with van der Waals surface area (Å²) in [6, 6.07) is 12.0. The molecule has 0 aliphatic heterocycles. The molecule has 150 valence electrons. The Morgan fingerprint density at radius 2 is 0.333 bits per heavy atom. The van der Waals surface area contributed by atoms with Gasteiger partial charge in [-0.05, 0) is 0 Å². The van der Waals surface area contributed by atoms with Gasteiger partial charge in [0.25, 0.3) is 0 Å². The van der Waals surface area contributed by atoms with Gasteiger partial charge in [0, 0.05) is 0 Å². The van der Waals surface area contributed by atoms with Gasteiger partial charge in [-0.15, -0.1) is 0 Å². The molecule has 0 radical (unpaired) electrons. The summed E-state index contributed by atoms with van der Waals surface area (Å²) < 4.78 is 0. The van der Waals surface area contributed by atoms with Gasteiger partial charge in [-0.3, -0.25) is 0 Å². The molecule has 0 nitrogen and oxygen atoms in total. The van der Waals surface area contributed by atoms with E-state index in [4.69, 9.17) is 0 Å². The highest BCUT2D eigenvalue weighted by atomic mass is 14.0. The molecule has 1 saturated carbocycles. The quantitative estimate of drug-likeness (QED) is 0.440. The lowest BCUT2D eigenvalue weighted by Crippen LogP contribution is -1.85. The molecule has 1 aromatic carbocycles. The largest absolute Gasteiger partial charge is 0.0683 e. The summed E-state index contributed by atoms with van der Waals surface area (Å²) in [6.07, 6.45) is 9.00. The van der Waals surface area contributed by atoms with Gasteiger partial charge < -0.3 is 0 Å². The molecule has 1 aliphatic carbocycles. The lowest BCUT2D eigenvalue weighted by molar-refractivity contribution is 0.504. The van der Waals surface area contributed by atoms with Crippen LogP contribution in [0, 0.1) is 0 Å². The van der Waals surface area contributed by atoms with Crippen LogP contribution in [0.15, 0.2) is 36.4 Å². The Bertz CT molecular complexity index is 124. The van der Waals surface area contributed by atoms with Crippen LogP contribution >= 0.6 is 0 Å². The van der Waals surface area contributed by atoms with E-state index in [2.05, 4.69) is 0 Å². The fourth-order valence-electron chi connectivity index (χ4n) is 1.45. The molecule has 0 saturated heterocycles. The van der Waals surface area contributed by atoms with Crippen molar-refractivity contribution < 1.29 is 0 Å².